The predicted octanol–water partition coefficient (Wildman–Crippen LogP) is 1.50. The van der Waals surface area contributed by atoms with E-state index in [4.69, 9.17) is 33.5 Å². The van der Waals surface area contributed by atoms with Gasteiger partial charge in [0.2, 0.25) is 0 Å². The Labute approximate surface area is 180 Å². The van der Waals surface area contributed by atoms with Crippen LogP contribution in [-0.4, -0.2) is 86.1 Å². The molecule has 0 saturated carbocycles. The summed E-state index contributed by atoms with van der Waals surface area (Å²) in [5.74, 6) is -0.213. The molecule has 0 bridgehead atoms. The molecule has 0 aromatic heterocycles. The van der Waals surface area contributed by atoms with Crippen molar-refractivity contribution in [3.05, 3.63) is 29.2 Å². The second-order valence-corrected chi connectivity index (χ2v) is 7.04. The van der Waals surface area contributed by atoms with Crippen molar-refractivity contribution in [1.82, 2.24) is 0 Å². The molecule has 0 fully saturated rings. The number of benzene rings is 1. The molecular formula is C19H27FO10S. The molecule has 1 aromatic carbocycles. The van der Waals surface area contributed by atoms with Crippen molar-refractivity contribution < 1.29 is 50.6 Å². The number of carbonyl (C=O) groups is 1. The van der Waals surface area contributed by atoms with Crippen LogP contribution in [0, 0.1) is 0 Å². The van der Waals surface area contributed by atoms with E-state index in [1.165, 1.54) is 13.2 Å². The van der Waals surface area contributed by atoms with Crippen LogP contribution in [-0.2, 0) is 34.0 Å². The highest BCUT2D eigenvalue weighted by Gasteiger charge is 2.06. The molecule has 1 N–H and O–H groups in total. The summed E-state index contributed by atoms with van der Waals surface area (Å²) in [5.41, 5.74) is 0.440. The van der Waals surface area contributed by atoms with Crippen molar-refractivity contribution in [1.29, 1.82) is 0 Å². The van der Waals surface area contributed by atoms with E-state index in [1.54, 1.807) is 12.1 Å². The van der Waals surface area contributed by atoms with Crippen LogP contribution in [0.5, 0.6) is 11.5 Å². The van der Waals surface area contributed by atoms with Crippen LogP contribution in [0.3, 0.4) is 0 Å². The Morgan fingerprint density at radius 3 is 2.00 bits per heavy atom. The summed E-state index contributed by atoms with van der Waals surface area (Å²) in [5, 5.41) is 8.84. The molecule has 0 aliphatic rings. The molecule has 176 valence electrons. The standard InChI is InChI=1S/C19H27FO10S/c1-25-18-14-16(4-13-31(20,23)24)2-3-17(18)30-12-11-28-8-7-26-5-6-27-9-10-29-15-19(21)22/h2-4,13-14H,5-12,15H2,1H3,(H,21,22)/b13-4+. The van der Waals surface area contributed by atoms with Gasteiger partial charge in [-0.25, -0.2) is 4.79 Å². The molecule has 0 aliphatic carbocycles. The normalized spacial score (nSPS) is 11.7. The number of ether oxygens (including phenoxy) is 6. The van der Waals surface area contributed by atoms with Gasteiger partial charge in [0, 0.05) is 0 Å². The molecule has 1 rings (SSSR count). The summed E-state index contributed by atoms with van der Waals surface area (Å²) in [7, 11) is -3.27. The average Bonchev–Trinajstić information content (AvgIpc) is 2.72. The molecule has 31 heavy (non-hydrogen) atoms. The summed E-state index contributed by atoms with van der Waals surface area (Å²) >= 11 is 0. The SMILES string of the molecule is COc1cc(/C=C/S(=O)(=O)F)ccc1OCCOCCOCCOCCOCC(=O)O. The number of carboxylic acid groups (broad SMARTS) is 1. The van der Waals surface area contributed by atoms with E-state index in [-0.39, 0.29) is 19.8 Å². The molecule has 0 spiro atoms. The van der Waals surface area contributed by atoms with Gasteiger partial charge in [-0.05, 0) is 23.8 Å². The van der Waals surface area contributed by atoms with Gasteiger partial charge in [0.25, 0.3) is 0 Å². The van der Waals surface area contributed by atoms with Gasteiger partial charge in [0.1, 0.15) is 13.2 Å². The maximum atomic E-state index is 12.6. The third-order valence-corrected chi connectivity index (χ3v) is 3.90. The number of halogens is 1. The van der Waals surface area contributed by atoms with Crippen LogP contribution < -0.4 is 9.47 Å². The third kappa shape index (κ3) is 14.4. The van der Waals surface area contributed by atoms with Gasteiger partial charge in [-0.15, -0.1) is 3.89 Å². The van der Waals surface area contributed by atoms with Crippen molar-refractivity contribution in [3.63, 3.8) is 0 Å². The zero-order valence-electron chi connectivity index (χ0n) is 17.2. The molecule has 0 saturated heterocycles. The number of aliphatic carboxylic acids is 1. The monoisotopic (exact) mass is 466 g/mol. The van der Waals surface area contributed by atoms with E-state index in [9.17, 15) is 17.1 Å². The van der Waals surface area contributed by atoms with Crippen LogP contribution in [0.25, 0.3) is 6.08 Å². The Balaban J connectivity index is 2.10. The van der Waals surface area contributed by atoms with Gasteiger partial charge >= 0.3 is 16.2 Å². The fourth-order valence-electron chi connectivity index (χ4n) is 2.10. The second-order valence-electron chi connectivity index (χ2n) is 5.82. The average molecular weight is 466 g/mol. The minimum absolute atomic E-state index is 0.207. The van der Waals surface area contributed by atoms with Gasteiger partial charge in [-0.2, -0.15) is 8.42 Å². The van der Waals surface area contributed by atoms with E-state index < -0.39 is 16.2 Å². The Kier molecular flexibility index (Phi) is 13.4. The molecule has 0 amide bonds. The zero-order chi connectivity index (χ0) is 23.0. The minimum atomic E-state index is -4.70. The maximum Gasteiger partial charge on any atom is 0.329 e. The fraction of sp³-hybridized carbons (Fsp3) is 0.526. The maximum absolute atomic E-state index is 12.6. The first-order valence-electron chi connectivity index (χ1n) is 9.28. The fourth-order valence-corrected chi connectivity index (χ4v) is 2.42. The molecule has 0 radical (unpaired) electrons. The summed E-state index contributed by atoms with van der Waals surface area (Å²) in [6.07, 6.45) is 1.11. The third-order valence-electron chi connectivity index (χ3n) is 3.44. The largest absolute Gasteiger partial charge is 0.493 e. The van der Waals surface area contributed by atoms with Crippen molar-refractivity contribution in [2.24, 2.45) is 0 Å². The lowest BCUT2D eigenvalue weighted by atomic mass is 10.2. The summed E-state index contributed by atoms with van der Waals surface area (Å²) in [6, 6.07) is 4.67. The lowest BCUT2D eigenvalue weighted by Crippen LogP contribution is -2.15. The molecular weight excluding hydrogens is 439 g/mol. The van der Waals surface area contributed by atoms with Crippen molar-refractivity contribution in [3.8, 4) is 11.5 Å². The van der Waals surface area contributed by atoms with Gasteiger partial charge in [0.15, 0.2) is 11.5 Å². The first-order chi connectivity index (χ1) is 14.8. The summed E-state index contributed by atoms with van der Waals surface area (Å²) < 4.78 is 65.1. The summed E-state index contributed by atoms with van der Waals surface area (Å²) in [4.78, 5) is 10.2. The lowest BCUT2D eigenvalue weighted by molar-refractivity contribution is -0.142. The predicted molar refractivity (Wildman–Crippen MR) is 108 cm³/mol. The van der Waals surface area contributed by atoms with Gasteiger partial charge in [0.05, 0.1) is 58.8 Å². The van der Waals surface area contributed by atoms with Crippen molar-refractivity contribution in [2.45, 2.75) is 0 Å². The smallest absolute Gasteiger partial charge is 0.329 e. The van der Waals surface area contributed by atoms with E-state index in [1.807, 2.05) is 0 Å². The van der Waals surface area contributed by atoms with Gasteiger partial charge in [-0.3, -0.25) is 0 Å². The van der Waals surface area contributed by atoms with Crippen molar-refractivity contribution >= 4 is 22.3 Å². The molecule has 0 aliphatic heterocycles. The lowest BCUT2D eigenvalue weighted by Gasteiger charge is -2.11. The van der Waals surface area contributed by atoms with Crippen LogP contribution >= 0.6 is 0 Å². The van der Waals surface area contributed by atoms with Crippen LogP contribution in [0.2, 0.25) is 0 Å². The number of hydrogen-bond donors (Lipinski definition) is 1. The number of hydrogen-bond acceptors (Lipinski definition) is 9. The van der Waals surface area contributed by atoms with Crippen molar-refractivity contribution in [2.75, 3.05) is 66.6 Å². The molecule has 0 heterocycles. The molecule has 1 aromatic rings. The van der Waals surface area contributed by atoms with E-state index in [2.05, 4.69) is 0 Å². The Bertz CT molecular complexity index is 782. The number of methoxy groups -OCH3 is 1. The van der Waals surface area contributed by atoms with E-state index in [0.717, 1.165) is 6.08 Å². The topological polar surface area (TPSA) is 127 Å². The second kappa shape index (κ2) is 15.5. The highest BCUT2D eigenvalue weighted by molar-refractivity contribution is 7.89. The number of rotatable bonds is 18. The highest BCUT2D eigenvalue weighted by Crippen LogP contribution is 2.28. The Hall–Kier alpha value is -2.25. The van der Waals surface area contributed by atoms with E-state index in [0.29, 0.717) is 62.1 Å². The minimum Gasteiger partial charge on any atom is -0.493 e. The van der Waals surface area contributed by atoms with Crippen LogP contribution in [0.4, 0.5) is 3.89 Å². The Morgan fingerprint density at radius 1 is 0.935 bits per heavy atom. The highest BCUT2D eigenvalue weighted by atomic mass is 32.3. The first kappa shape index (κ1) is 26.8. The molecule has 0 unspecified atom stereocenters. The molecule has 0 atom stereocenters. The molecule has 12 heteroatoms. The number of carboxylic acids is 1. The zero-order valence-corrected chi connectivity index (χ0v) is 18.0. The van der Waals surface area contributed by atoms with Crippen LogP contribution in [0.1, 0.15) is 5.56 Å². The Morgan fingerprint density at radius 2 is 1.48 bits per heavy atom. The molecule has 10 nitrogen and oxygen atoms in total. The quantitative estimate of drug-likeness (QED) is 0.251. The summed E-state index contributed by atoms with van der Waals surface area (Å²) in [6.45, 7) is 2.20. The van der Waals surface area contributed by atoms with Crippen LogP contribution in [0.15, 0.2) is 23.6 Å². The van der Waals surface area contributed by atoms with Gasteiger partial charge < -0.3 is 33.5 Å². The van der Waals surface area contributed by atoms with Gasteiger partial charge in [-0.1, -0.05) is 6.07 Å². The van der Waals surface area contributed by atoms with E-state index >= 15 is 0 Å². The first-order valence-corrected chi connectivity index (χ1v) is 10.7.